The van der Waals surface area contributed by atoms with Crippen molar-refractivity contribution >= 4 is 23.5 Å². The molecule has 1 aromatic heterocycles. The highest BCUT2D eigenvalue weighted by Gasteiger charge is 2.19. The third-order valence-corrected chi connectivity index (χ3v) is 5.44. The van der Waals surface area contributed by atoms with Crippen molar-refractivity contribution in [3.63, 3.8) is 0 Å². The first-order valence-electron chi connectivity index (χ1n) is 9.05. The Morgan fingerprint density at radius 1 is 1.12 bits per heavy atom. The Labute approximate surface area is 159 Å². The molecule has 138 valence electrons. The maximum atomic E-state index is 12.1. The summed E-state index contributed by atoms with van der Waals surface area (Å²) in [6.45, 7) is 6.87. The topological polar surface area (TPSA) is 48.5 Å². The van der Waals surface area contributed by atoms with Crippen molar-refractivity contribution in [2.75, 3.05) is 49.9 Å². The van der Waals surface area contributed by atoms with Gasteiger partial charge in [0.25, 0.3) is 0 Å². The molecule has 0 spiro atoms. The number of anilines is 1. The molecular weight excluding hydrogens is 344 g/mol. The first-order chi connectivity index (χ1) is 12.7. The summed E-state index contributed by atoms with van der Waals surface area (Å²) in [6, 6.07) is 14.5. The smallest absolute Gasteiger partial charge is 0.234 e. The molecule has 1 aliphatic rings. The van der Waals surface area contributed by atoms with Gasteiger partial charge in [0.15, 0.2) is 0 Å². The molecule has 1 aromatic carbocycles. The van der Waals surface area contributed by atoms with Gasteiger partial charge in [-0.25, -0.2) is 4.98 Å². The molecule has 1 N–H and O–H groups in total. The number of nitrogens with one attached hydrogen (secondary N) is 1. The van der Waals surface area contributed by atoms with Crippen molar-refractivity contribution < 1.29 is 4.79 Å². The molecule has 26 heavy (non-hydrogen) atoms. The fourth-order valence-electron chi connectivity index (χ4n) is 2.93. The number of rotatable bonds is 7. The van der Waals surface area contributed by atoms with Gasteiger partial charge in [0.05, 0.1) is 6.54 Å². The normalized spacial score (nSPS) is 15.0. The molecule has 3 rings (SSSR count). The number of aromatic nitrogens is 1. The fraction of sp³-hybridized carbons (Fsp3) is 0.400. The second kappa shape index (κ2) is 9.59. The zero-order valence-corrected chi connectivity index (χ0v) is 16.0. The number of hydrogen-bond donors (Lipinski definition) is 1. The molecule has 6 heteroatoms. The second-order valence-electron chi connectivity index (χ2n) is 6.46. The van der Waals surface area contributed by atoms with Crippen LogP contribution in [0.5, 0.6) is 0 Å². The van der Waals surface area contributed by atoms with E-state index in [0.717, 1.165) is 37.7 Å². The third-order valence-electron chi connectivity index (χ3n) is 4.43. The average Bonchev–Trinajstić information content (AvgIpc) is 2.68. The quantitative estimate of drug-likeness (QED) is 0.599. The molecule has 0 unspecified atom stereocenters. The standard InChI is InChI=1S/C20H26N4OS/c1-17-5-7-18(8-6-17)26-15-10-22-20(25)16-23-11-13-24(14-12-23)19-4-2-3-9-21-19/h2-9H,10-16H2,1H3,(H,22,25). The molecular formula is C20H26N4OS. The summed E-state index contributed by atoms with van der Waals surface area (Å²) in [4.78, 5) is 22.3. The van der Waals surface area contributed by atoms with Crippen LogP contribution in [0.25, 0.3) is 0 Å². The molecule has 1 saturated heterocycles. The van der Waals surface area contributed by atoms with E-state index in [0.29, 0.717) is 13.1 Å². The molecule has 0 bridgehead atoms. The first kappa shape index (κ1) is 18.7. The predicted molar refractivity (Wildman–Crippen MR) is 108 cm³/mol. The second-order valence-corrected chi connectivity index (χ2v) is 7.63. The Balaban J connectivity index is 1.31. The summed E-state index contributed by atoms with van der Waals surface area (Å²) in [5.74, 6) is 2.02. The summed E-state index contributed by atoms with van der Waals surface area (Å²) in [5.41, 5.74) is 1.27. The van der Waals surface area contributed by atoms with Crippen molar-refractivity contribution in [3.05, 3.63) is 54.2 Å². The van der Waals surface area contributed by atoms with E-state index < -0.39 is 0 Å². The van der Waals surface area contributed by atoms with Gasteiger partial charge in [-0.15, -0.1) is 11.8 Å². The summed E-state index contributed by atoms with van der Waals surface area (Å²) in [5, 5.41) is 3.03. The fourth-order valence-corrected chi connectivity index (χ4v) is 3.70. The Kier molecular flexibility index (Phi) is 6.91. The van der Waals surface area contributed by atoms with E-state index in [2.05, 4.69) is 51.3 Å². The van der Waals surface area contributed by atoms with Crippen molar-refractivity contribution in [1.82, 2.24) is 15.2 Å². The lowest BCUT2D eigenvalue weighted by atomic mass is 10.2. The van der Waals surface area contributed by atoms with Crippen LogP contribution >= 0.6 is 11.8 Å². The van der Waals surface area contributed by atoms with Crippen LogP contribution in [-0.2, 0) is 4.79 Å². The van der Waals surface area contributed by atoms with Gasteiger partial charge in [-0.1, -0.05) is 23.8 Å². The van der Waals surface area contributed by atoms with Crippen LogP contribution in [0.4, 0.5) is 5.82 Å². The third kappa shape index (κ3) is 5.75. The first-order valence-corrected chi connectivity index (χ1v) is 10.0. The maximum absolute atomic E-state index is 12.1. The minimum atomic E-state index is 0.112. The van der Waals surface area contributed by atoms with Crippen LogP contribution in [0.3, 0.4) is 0 Å². The van der Waals surface area contributed by atoms with Gasteiger partial charge in [0, 0.05) is 49.6 Å². The van der Waals surface area contributed by atoms with Crippen LogP contribution in [-0.4, -0.2) is 60.8 Å². The van der Waals surface area contributed by atoms with Gasteiger partial charge < -0.3 is 10.2 Å². The van der Waals surface area contributed by atoms with Gasteiger partial charge in [-0.05, 0) is 31.2 Å². The number of thioether (sulfide) groups is 1. The highest BCUT2D eigenvalue weighted by atomic mass is 32.2. The van der Waals surface area contributed by atoms with E-state index in [9.17, 15) is 4.79 Å². The molecule has 1 aliphatic heterocycles. The zero-order chi connectivity index (χ0) is 18.2. The number of carbonyl (C=O) groups is 1. The van der Waals surface area contributed by atoms with Crippen LogP contribution < -0.4 is 10.2 Å². The van der Waals surface area contributed by atoms with Gasteiger partial charge in [0.1, 0.15) is 5.82 Å². The highest BCUT2D eigenvalue weighted by Crippen LogP contribution is 2.17. The summed E-state index contributed by atoms with van der Waals surface area (Å²) in [7, 11) is 0. The Bertz CT molecular complexity index is 685. The maximum Gasteiger partial charge on any atom is 0.234 e. The molecule has 1 fully saturated rings. The largest absolute Gasteiger partial charge is 0.354 e. The Morgan fingerprint density at radius 3 is 2.58 bits per heavy atom. The van der Waals surface area contributed by atoms with E-state index in [4.69, 9.17) is 0 Å². The lowest BCUT2D eigenvalue weighted by Crippen LogP contribution is -2.49. The molecule has 1 amide bonds. The highest BCUT2D eigenvalue weighted by molar-refractivity contribution is 7.99. The zero-order valence-electron chi connectivity index (χ0n) is 15.2. The summed E-state index contributed by atoms with van der Waals surface area (Å²) in [6.07, 6.45) is 1.82. The van der Waals surface area contributed by atoms with Crippen molar-refractivity contribution in [2.45, 2.75) is 11.8 Å². The Morgan fingerprint density at radius 2 is 1.88 bits per heavy atom. The lowest BCUT2D eigenvalue weighted by Gasteiger charge is -2.34. The minimum absolute atomic E-state index is 0.112. The summed E-state index contributed by atoms with van der Waals surface area (Å²) < 4.78 is 0. The van der Waals surface area contributed by atoms with Gasteiger partial charge in [-0.3, -0.25) is 9.69 Å². The van der Waals surface area contributed by atoms with Gasteiger partial charge >= 0.3 is 0 Å². The number of carbonyl (C=O) groups excluding carboxylic acids is 1. The van der Waals surface area contributed by atoms with Crippen molar-refractivity contribution in [3.8, 4) is 0 Å². The number of benzene rings is 1. The molecule has 5 nitrogen and oxygen atoms in total. The van der Waals surface area contributed by atoms with Gasteiger partial charge in [0.2, 0.25) is 5.91 Å². The van der Waals surface area contributed by atoms with Crippen LogP contribution in [0.2, 0.25) is 0 Å². The molecule has 2 aromatic rings. The molecule has 2 heterocycles. The van der Waals surface area contributed by atoms with E-state index in [-0.39, 0.29) is 5.91 Å². The minimum Gasteiger partial charge on any atom is -0.354 e. The average molecular weight is 371 g/mol. The number of piperazine rings is 1. The van der Waals surface area contributed by atoms with E-state index in [1.54, 1.807) is 11.8 Å². The van der Waals surface area contributed by atoms with E-state index in [1.165, 1.54) is 10.5 Å². The van der Waals surface area contributed by atoms with Crippen molar-refractivity contribution in [2.24, 2.45) is 0 Å². The van der Waals surface area contributed by atoms with Crippen molar-refractivity contribution in [1.29, 1.82) is 0 Å². The van der Waals surface area contributed by atoms with E-state index in [1.807, 2.05) is 24.4 Å². The molecule has 0 radical (unpaired) electrons. The Hall–Kier alpha value is -2.05. The number of hydrogen-bond acceptors (Lipinski definition) is 5. The van der Waals surface area contributed by atoms with Crippen LogP contribution in [0, 0.1) is 6.92 Å². The molecule has 0 atom stereocenters. The molecule has 0 saturated carbocycles. The van der Waals surface area contributed by atoms with Crippen LogP contribution in [0.1, 0.15) is 5.56 Å². The number of amides is 1. The lowest BCUT2D eigenvalue weighted by molar-refractivity contribution is -0.122. The summed E-state index contributed by atoms with van der Waals surface area (Å²) >= 11 is 1.77. The van der Waals surface area contributed by atoms with Crippen LogP contribution in [0.15, 0.2) is 53.6 Å². The predicted octanol–water partition coefficient (Wildman–Crippen LogP) is 2.42. The van der Waals surface area contributed by atoms with E-state index >= 15 is 0 Å². The number of pyridine rings is 1. The number of nitrogens with zero attached hydrogens (tertiary/aromatic N) is 3. The number of aryl methyl sites for hydroxylation is 1. The monoisotopic (exact) mass is 370 g/mol. The molecule has 0 aliphatic carbocycles. The SMILES string of the molecule is Cc1ccc(SCCNC(=O)CN2CCN(c3ccccn3)CC2)cc1. The van der Waals surface area contributed by atoms with Gasteiger partial charge in [-0.2, -0.15) is 0 Å².